The lowest BCUT2D eigenvalue weighted by Gasteiger charge is -2.18. The van der Waals surface area contributed by atoms with E-state index in [0.717, 1.165) is 0 Å². The number of aromatic carboxylic acids is 1. The van der Waals surface area contributed by atoms with Crippen LogP contribution in [0.2, 0.25) is 0 Å². The predicted molar refractivity (Wildman–Crippen MR) is 79.0 cm³/mol. The number of aryl methyl sites for hydroxylation is 2. The highest BCUT2D eigenvalue weighted by Gasteiger charge is 2.23. The summed E-state index contributed by atoms with van der Waals surface area (Å²) in [4.78, 5) is 11.3. The number of rotatable bonds is 4. The molecule has 0 atom stereocenters. The molecule has 0 bridgehead atoms. The number of hydrogen-bond acceptors (Lipinski definition) is 3. The fourth-order valence-electron chi connectivity index (χ4n) is 1.95. The van der Waals surface area contributed by atoms with E-state index >= 15 is 0 Å². The van der Waals surface area contributed by atoms with E-state index < -0.39 is 15.8 Å². The normalized spacial score (nSPS) is 12.4. The van der Waals surface area contributed by atoms with Gasteiger partial charge >= 0.3 is 5.97 Å². The van der Waals surface area contributed by atoms with E-state index in [-0.39, 0.29) is 21.6 Å². The molecule has 0 amide bonds. The molecule has 0 fully saturated rings. The number of hydrogen-bond donors (Lipinski definition) is 1. The SMILES string of the molecule is Cc1cc(C)c(S(=O)(=O)CCC(C)(C)C)cc1C(=O)O. The lowest BCUT2D eigenvalue weighted by molar-refractivity contribution is 0.0696. The van der Waals surface area contributed by atoms with Gasteiger partial charge in [-0.05, 0) is 42.9 Å². The van der Waals surface area contributed by atoms with Gasteiger partial charge in [-0.3, -0.25) is 0 Å². The Balaban J connectivity index is 3.25. The van der Waals surface area contributed by atoms with Gasteiger partial charge in [0.25, 0.3) is 0 Å². The summed E-state index contributed by atoms with van der Waals surface area (Å²) in [5, 5.41) is 9.11. The van der Waals surface area contributed by atoms with E-state index in [2.05, 4.69) is 0 Å². The fraction of sp³-hybridized carbons (Fsp3) is 0.533. The Labute approximate surface area is 120 Å². The minimum Gasteiger partial charge on any atom is -0.478 e. The highest BCUT2D eigenvalue weighted by molar-refractivity contribution is 7.91. The maximum Gasteiger partial charge on any atom is 0.335 e. The molecule has 0 aliphatic heterocycles. The van der Waals surface area contributed by atoms with Crippen LogP contribution in [0.25, 0.3) is 0 Å². The maximum absolute atomic E-state index is 12.4. The van der Waals surface area contributed by atoms with Crippen LogP contribution in [0.3, 0.4) is 0 Å². The van der Waals surface area contributed by atoms with Crippen LogP contribution in [0, 0.1) is 19.3 Å². The largest absolute Gasteiger partial charge is 0.478 e. The Kier molecular flexibility index (Phi) is 4.64. The lowest BCUT2D eigenvalue weighted by atomic mass is 9.94. The van der Waals surface area contributed by atoms with Crippen LogP contribution in [0.1, 0.15) is 48.7 Å². The Morgan fingerprint density at radius 3 is 2.15 bits per heavy atom. The summed E-state index contributed by atoms with van der Waals surface area (Å²) in [5.74, 6) is -1.07. The summed E-state index contributed by atoms with van der Waals surface area (Å²) in [5.41, 5.74) is 1.14. The minimum atomic E-state index is -3.46. The molecule has 0 spiro atoms. The quantitative estimate of drug-likeness (QED) is 0.926. The van der Waals surface area contributed by atoms with Gasteiger partial charge in [0, 0.05) is 0 Å². The standard InChI is InChI=1S/C15H22O4S/c1-10-8-11(2)13(9-12(10)14(16)17)20(18,19)7-6-15(3,4)5/h8-9H,6-7H2,1-5H3,(H,16,17). The molecule has 112 valence electrons. The monoisotopic (exact) mass is 298 g/mol. The van der Waals surface area contributed by atoms with E-state index in [4.69, 9.17) is 5.11 Å². The van der Waals surface area contributed by atoms with E-state index in [1.165, 1.54) is 6.07 Å². The smallest absolute Gasteiger partial charge is 0.335 e. The topological polar surface area (TPSA) is 71.4 Å². The van der Waals surface area contributed by atoms with Crippen LogP contribution >= 0.6 is 0 Å². The van der Waals surface area contributed by atoms with Crippen molar-refractivity contribution in [2.45, 2.75) is 45.9 Å². The highest BCUT2D eigenvalue weighted by atomic mass is 32.2. The Hall–Kier alpha value is -1.36. The molecule has 1 aromatic carbocycles. The van der Waals surface area contributed by atoms with Gasteiger partial charge < -0.3 is 5.11 Å². The van der Waals surface area contributed by atoms with Gasteiger partial charge in [-0.2, -0.15) is 0 Å². The van der Waals surface area contributed by atoms with Gasteiger partial charge in [-0.25, -0.2) is 13.2 Å². The van der Waals surface area contributed by atoms with Crippen molar-refractivity contribution < 1.29 is 18.3 Å². The first-order valence-corrected chi connectivity index (χ1v) is 8.16. The second-order valence-corrected chi connectivity index (χ2v) is 8.44. The first-order valence-electron chi connectivity index (χ1n) is 6.51. The Morgan fingerprint density at radius 1 is 1.15 bits per heavy atom. The molecule has 20 heavy (non-hydrogen) atoms. The fourth-order valence-corrected chi connectivity index (χ4v) is 3.90. The van der Waals surface area contributed by atoms with E-state index in [1.807, 2.05) is 20.8 Å². The molecule has 0 aliphatic carbocycles. The first kappa shape index (κ1) is 16.7. The zero-order chi connectivity index (χ0) is 15.7. The molecule has 0 aromatic heterocycles. The second kappa shape index (κ2) is 5.56. The van der Waals surface area contributed by atoms with Crippen molar-refractivity contribution in [3.8, 4) is 0 Å². The molecule has 0 heterocycles. The zero-order valence-corrected chi connectivity index (χ0v) is 13.5. The van der Waals surface area contributed by atoms with E-state index in [9.17, 15) is 13.2 Å². The van der Waals surface area contributed by atoms with Crippen molar-refractivity contribution in [2.75, 3.05) is 5.75 Å². The summed E-state index contributed by atoms with van der Waals surface area (Å²) in [6.45, 7) is 9.30. The minimum absolute atomic E-state index is 0.0272. The van der Waals surface area contributed by atoms with Gasteiger partial charge in [0.05, 0.1) is 16.2 Å². The summed E-state index contributed by atoms with van der Waals surface area (Å²) in [6.07, 6.45) is 0.533. The van der Waals surface area contributed by atoms with Crippen molar-refractivity contribution in [1.82, 2.24) is 0 Å². The van der Waals surface area contributed by atoms with Crippen LogP contribution < -0.4 is 0 Å². The molecular weight excluding hydrogens is 276 g/mol. The number of carboxylic acid groups (broad SMARTS) is 1. The summed E-state index contributed by atoms with van der Waals surface area (Å²) >= 11 is 0. The number of benzene rings is 1. The first-order chi connectivity index (χ1) is 8.94. The highest BCUT2D eigenvalue weighted by Crippen LogP contribution is 2.26. The molecule has 0 radical (unpaired) electrons. The predicted octanol–water partition coefficient (Wildman–Crippen LogP) is 3.21. The van der Waals surface area contributed by atoms with Crippen molar-refractivity contribution in [3.05, 3.63) is 28.8 Å². The molecule has 0 aliphatic rings. The van der Waals surface area contributed by atoms with Gasteiger partial charge in [0.1, 0.15) is 0 Å². The van der Waals surface area contributed by atoms with Crippen LogP contribution in [-0.4, -0.2) is 25.2 Å². The van der Waals surface area contributed by atoms with Gasteiger partial charge in [0.15, 0.2) is 9.84 Å². The average molecular weight is 298 g/mol. The third kappa shape index (κ3) is 4.07. The van der Waals surface area contributed by atoms with Crippen LogP contribution in [-0.2, 0) is 9.84 Å². The van der Waals surface area contributed by atoms with Gasteiger partial charge in [0.2, 0.25) is 0 Å². The third-order valence-electron chi connectivity index (χ3n) is 3.21. The molecule has 1 aromatic rings. The summed E-state index contributed by atoms with van der Waals surface area (Å²) < 4.78 is 24.8. The van der Waals surface area contributed by atoms with Crippen molar-refractivity contribution in [3.63, 3.8) is 0 Å². The molecule has 0 unspecified atom stereocenters. The lowest BCUT2D eigenvalue weighted by Crippen LogP contribution is -2.16. The maximum atomic E-state index is 12.4. The second-order valence-electron chi connectivity index (χ2n) is 6.37. The van der Waals surface area contributed by atoms with Crippen LogP contribution in [0.4, 0.5) is 0 Å². The third-order valence-corrected chi connectivity index (χ3v) is 5.06. The Morgan fingerprint density at radius 2 is 1.70 bits per heavy atom. The molecule has 0 saturated heterocycles. The van der Waals surface area contributed by atoms with Crippen molar-refractivity contribution in [2.24, 2.45) is 5.41 Å². The number of sulfone groups is 1. The number of carboxylic acids is 1. The molecule has 1 rings (SSSR count). The molecule has 1 N–H and O–H groups in total. The van der Waals surface area contributed by atoms with Crippen molar-refractivity contribution >= 4 is 15.8 Å². The van der Waals surface area contributed by atoms with E-state index in [1.54, 1.807) is 19.9 Å². The summed E-state index contributed by atoms with van der Waals surface area (Å²) in [6, 6.07) is 2.90. The molecule has 4 nitrogen and oxygen atoms in total. The van der Waals surface area contributed by atoms with Gasteiger partial charge in [-0.15, -0.1) is 0 Å². The average Bonchev–Trinajstić information content (AvgIpc) is 2.24. The zero-order valence-electron chi connectivity index (χ0n) is 12.6. The molecule has 5 heteroatoms. The van der Waals surface area contributed by atoms with Crippen molar-refractivity contribution in [1.29, 1.82) is 0 Å². The Bertz CT molecular complexity index is 622. The van der Waals surface area contributed by atoms with E-state index in [0.29, 0.717) is 17.5 Å². The van der Waals surface area contributed by atoms with Crippen LogP contribution in [0.5, 0.6) is 0 Å². The molecule has 0 saturated carbocycles. The van der Waals surface area contributed by atoms with Crippen LogP contribution in [0.15, 0.2) is 17.0 Å². The van der Waals surface area contributed by atoms with Gasteiger partial charge in [-0.1, -0.05) is 26.8 Å². The molecular formula is C15H22O4S. The summed E-state index contributed by atoms with van der Waals surface area (Å²) in [7, 11) is -3.46. The number of carbonyl (C=O) groups is 1.